The van der Waals surface area contributed by atoms with E-state index in [-0.39, 0.29) is 0 Å². The molecule has 0 unspecified atom stereocenters. The van der Waals surface area contributed by atoms with E-state index < -0.39 is 5.97 Å². The standard InChI is InChI=1S/C16H12INO2/c1-18-9-14(17)13-8-12(6-7-15(13)18)10-2-4-11(5-3-10)16(19)20/h2-9H,1H3,(H,19,20). The number of aromatic carboxylic acids is 1. The maximum absolute atomic E-state index is 10.9. The highest BCUT2D eigenvalue weighted by atomic mass is 127. The van der Waals surface area contributed by atoms with Gasteiger partial charge >= 0.3 is 5.97 Å². The van der Waals surface area contributed by atoms with Crippen LogP contribution in [0.4, 0.5) is 0 Å². The first-order chi connectivity index (χ1) is 9.56. The third-order valence-corrected chi connectivity index (χ3v) is 4.27. The molecule has 1 heterocycles. The second kappa shape index (κ2) is 4.94. The van der Waals surface area contributed by atoms with Crippen LogP contribution >= 0.6 is 22.6 Å². The molecule has 100 valence electrons. The average Bonchev–Trinajstić information content (AvgIpc) is 2.74. The van der Waals surface area contributed by atoms with Crippen LogP contribution in [0.3, 0.4) is 0 Å². The van der Waals surface area contributed by atoms with Gasteiger partial charge in [-0.1, -0.05) is 18.2 Å². The van der Waals surface area contributed by atoms with Gasteiger partial charge in [0.05, 0.1) is 5.56 Å². The number of carbonyl (C=O) groups is 1. The van der Waals surface area contributed by atoms with E-state index in [1.165, 1.54) is 14.5 Å². The molecule has 0 atom stereocenters. The Bertz CT molecular complexity index is 803. The number of hydrogen-bond acceptors (Lipinski definition) is 1. The first-order valence-electron chi connectivity index (χ1n) is 6.14. The highest BCUT2D eigenvalue weighted by molar-refractivity contribution is 14.1. The van der Waals surface area contributed by atoms with Crippen molar-refractivity contribution >= 4 is 39.5 Å². The van der Waals surface area contributed by atoms with Crippen molar-refractivity contribution in [1.82, 2.24) is 4.57 Å². The van der Waals surface area contributed by atoms with Crippen molar-refractivity contribution in [2.45, 2.75) is 0 Å². The second-order valence-electron chi connectivity index (χ2n) is 4.70. The van der Waals surface area contributed by atoms with Crippen molar-refractivity contribution in [3.63, 3.8) is 0 Å². The Kier molecular flexibility index (Phi) is 3.25. The largest absolute Gasteiger partial charge is 0.478 e. The monoisotopic (exact) mass is 377 g/mol. The number of fused-ring (bicyclic) bond motifs is 1. The molecule has 1 N–H and O–H groups in total. The predicted octanol–water partition coefficient (Wildman–Crippen LogP) is 4.15. The molecule has 4 heteroatoms. The molecular formula is C16H12INO2. The Hall–Kier alpha value is -1.82. The van der Waals surface area contributed by atoms with Gasteiger partial charge in [-0.05, 0) is 58.0 Å². The zero-order chi connectivity index (χ0) is 14.3. The predicted molar refractivity (Wildman–Crippen MR) is 88.0 cm³/mol. The molecule has 0 spiro atoms. The number of nitrogens with zero attached hydrogens (tertiary/aromatic N) is 1. The van der Waals surface area contributed by atoms with Gasteiger partial charge in [-0.25, -0.2) is 4.79 Å². The molecule has 3 aromatic rings. The first-order valence-corrected chi connectivity index (χ1v) is 7.22. The molecular weight excluding hydrogens is 365 g/mol. The Labute approximate surface area is 130 Å². The lowest BCUT2D eigenvalue weighted by Gasteiger charge is -2.04. The van der Waals surface area contributed by atoms with Crippen LogP contribution in [0.2, 0.25) is 0 Å². The summed E-state index contributed by atoms with van der Waals surface area (Å²) in [6.07, 6.45) is 2.10. The van der Waals surface area contributed by atoms with Crippen molar-refractivity contribution in [2.75, 3.05) is 0 Å². The van der Waals surface area contributed by atoms with Crippen LogP contribution in [-0.4, -0.2) is 15.6 Å². The van der Waals surface area contributed by atoms with Crippen molar-refractivity contribution in [3.8, 4) is 11.1 Å². The number of benzene rings is 2. The third-order valence-electron chi connectivity index (χ3n) is 3.41. The summed E-state index contributed by atoms with van der Waals surface area (Å²) in [4.78, 5) is 10.9. The number of carboxylic acid groups (broad SMARTS) is 1. The number of rotatable bonds is 2. The van der Waals surface area contributed by atoms with Crippen LogP contribution in [0.25, 0.3) is 22.0 Å². The van der Waals surface area contributed by atoms with E-state index in [0.29, 0.717) is 5.56 Å². The summed E-state index contributed by atoms with van der Waals surface area (Å²) in [5.41, 5.74) is 3.62. The molecule has 0 saturated heterocycles. The van der Waals surface area contributed by atoms with Crippen LogP contribution in [-0.2, 0) is 7.05 Å². The maximum Gasteiger partial charge on any atom is 0.335 e. The van der Waals surface area contributed by atoms with Crippen molar-refractivity contribution in [2.24, 2.45) is 7.05 Å². The van der Waals surface area contributed by atoms with Gasteiger partial charge < -0.3 is 9.67 Å². The van der Waals surface area contributed by atoms with Crippen LogP contribution in [0.1, 0.15) is 10.4 Å². The number of aryl methyl sites for hydroxylation is 1. The molecule has 0 saturated carbocycles. The van der Waals surface area contributed by atoms with Crippen molar-refractivity contribution in [3.05, 3.63) is 57.8 Å². The molecule has 0 amide bonds. The molecule has 0 fully saturated rings. The Balaban J connectivity index is 2.09. The van der Waals surface area contributed by atoms with Gasteiger partial charge in [0.25, 0.3) is 0 Å². The highest BCUT2D eigenvalue weighted by Crippen LogP contribution is 2.28. The fourth-order valence-corrected chi connectivity index (χ4v) is 3.18. The van der Waals surface area contributed by atoms with Gasteiger partial charge in [0.2, 0.25) is 0 Å². The van der Waals surface area contributed by atoms with Crippen LogP contribution in [0.15, 0.2) is 48.7 Å². The van der Waals surface area contributed by atoms with Gasteiger partial charge in [-0.2, -0.15) is 0 Å². The fraction of sp³-hybridized carbons (Fsp3) is 0.0625. The second-order valence-corrected chi connectivity index (χ2v) is 5.86. The van der Waals surface area contributed by atoms with Gasteiger partial charge in [-0.3, -0.25) is 0 Å². The minimum Gasteiger partial charge on any atom is -0.478 e. The van der Waals surface area contributed by atoms with Crippen LogP contribution in [0.5, 0.6) is 0 Å². The van der Waals surface area contributed by atoms with E-state index in [1.807, 2.05) is 19.2 Å². The Morgan fingerprint density at radius 2 is 1.75 bits per heavy atom. The summed E-state index contributed by atoms with van der Waals surface area (Å²) in [5.74, 6) is -0.899. The SMILES string of the molecule is Cn1cc(I)c2cc(-c3ccc(C(=O)O)cc3)ccc21. The lowest BCUT2D eigenvalue weighted by atomic mass is 10.0. The molecule has 0 aliphatic heterocycles. The van der Waals surface area contributed by atoms with Gasteiger partial charge in [-0.15, -0.1) is 0 Å². The van der Waals surface area contributed by atoms with E-state index in [1.54, 1.807) is 12.1 Å². The quantitative estimate of drug-likeness (QED) is 0.682. The number of carboxylic acids is 1. The zero-order valence-electron chi connectivity index (χ0n) is 10.8. The van der Waals surface area contributed by atoms with Gasteiger partial charge in [0.15, 0.2) is 0 Å². The highest BCUT2D eigenvalue weighted by Gasteiger charge is 2.07. The summed E-state index contributed by atoms with van der Waals surface area (Å²) in [6.45, 7) is 0. The Morgan fingerprint density at radius 1 is 1.10 bits per heavy atom. The molecule has 0 aliphatic carbocycles. The molecule has 0 bridgehead atoms. The fourth-order valence-electron chi connectivity index (χ4n) is 2.33. The topological polar surface area (TPSA) is 42.2 Å². The van der Waals surface area contributed by atoms with E-state index in [0.717, 1.165) is 11.1 Å². The molecule has 3 rings (SSSR count). The van der Waals surface area contributed by atoms with E-state index in [4.69, 9.17) is 5.11 Å². The van der Waals surface area contributed by atoms with Crippen molar-refractivity contribution < 1.29 is 9.90 Å². The molecule has 20 heavy (non-hydrogen) atoms. The van der Waals surface area contributed by atoms with E-state index in [2.05, 4.69) is 51.6 Å². The molecule has 0 aliphatic rings. The first kappa shape index (κ1) is 13.2. The summed E-state index contributed by atoms with van der Waals surface area (Å²) in [5, 5.41) is 10.1. The van der Waals surface area contributed by atoms with Crippen LogP contribution in [0, 0.1) is 3.57 Å². The minimum absolute atomic E-state index is 0.309. The summed E-state index contributed by atoms with van der Waals surface area (Å²) < 4.78 is 3.32. The molecule has 0 radical (unpaired) electrons. The summed E-state index contributed by atoms with van der Waals surface area (Å²) in [7, 11) is 2.03. The van der Waals surface area contributed by atoms with Crippen molar-refractivity contribution in [1.29, 1.82) is 0 Å². The zero-order valence-corrected chi connectivity index (χ0v) is 13.0. The lowest BCUT2D eigenvalue weighted by molar-refractivity contribution is 0.0697. The normalized spacial score (nSPS) is 10.9. The number of halogens is 1. The smallest absolute Gasteiger partial charge is 0.335 e. The lowest BCUT2D eigenvalue weighted by Crippen LogP contribution is -1.94. The maximum atomic E-state index is 10.9. The van der Waals surface area contributed by atoms with Gasteiger partial charge in [0, 0.05) is 27.7 Å². The van der Waals surface area contributed by atoms with E-state index >= 15 is 0 Å². The average molecular weight is 377 g/mol. The summed E-state index contributed by atoms with van der Waals surface area (Å²) in [6, 6.07) is 13.3. The van der Waals surface area contributed by atoms with E-state index in [9.17, 15) is 4.79 Å². The Morgan fingerprint density at radius 3 is 2.40 bits per heavy atom. The number of hydrogen-bond donors (Lipinski definition) is 1. The van der Waals surface area contributed by atoms with Gasteiger partial charge in [0.1, 0.15) is 0 Å². The molecule has 3 nitrogen and oxygen atoms in total. The minimum atomic E-state index is -0.899. The molecule has 2 aromatic carbocycles. The van der Waals surface area contributed by atoms with Crippen LogP contribution < -0.4 is 0 Å². The number of aromatic nitrogens is 1. The third kappa shape index (κ3) is 2.20. The summed E-state index contributed by atoms with van der Waals surface area (Å²) >= 11 is 2.33. The molecule has 1 aromatic heterocycles.